The summed E-state index contributed by atoms with van der Waals surface area (Å²) >= 11 is 0. The molecular formula is C29H22FN3O2. The molecule has 0 amide bonds. The van der Waals surface area contributed by atoms with E-state index in [1.54, 1.807) is 18.3 Å². The Hall–Kier alpha value is -4.50. The first-order valence-corrected chi connectivity index (χ1v) is 11.4. The minimum absolute atomic E-state index is 0.252. The number of nitrogens with zero attached hydrogens (tertiary/aromatic N) is 2. The van der Waals surface area contributed by atoms with Gasteiger partial charge in [0.1, 0.15) is 5.82 Å². The van der Waals surface area contributed by atoms with Gasteiger partial charge in [0.25, 0.3) is 0 Å². The van der Waals surface area contributed by atoms with Crippen LogP contribution >= 0.6 is 0 Å². The number of carboxylic acids is 1. The van der Waals surface area contributed by atoms with Crippen LogP contribution in [0.3, 0.4) is 0 Å². The number of hydrogen-bond donors (Lipinski definition) is 2. The maximum Gasteiger partial charge on any atom is 0.328 e. The van der Waals surface area contributed by atoms with E-state index in [0.29, 0.717) is 5.69 Å². The fourth-order valence-electron chi connectivity index (χ4n) is 4.58. The fraction of sp³-hybridized carbons (Fsp3) is 0.138. The van der Waals surface area contributed by atoms with Gasteiger partial charge in [-0.25, -0.2) is 14.0 Å². The number of aromatic nitrogens is 2. The van der Waals surface area contributed by atoms with Gasteiger partial charge in [-0.2, -0.15) is 5.10 Å². The normalized spacial score (nSPS) is 14.5. The van der Waals surface area contributed by atoms with Crippen LogP contribution in [0, 0.1) is 18.3 Å². The van der Waals surface area contributed by atoms with Crippen LogP contribution < -0.4 is 0 Å². The molecule has 1 fully saturated rings. The zero-order valence-corrected chi connectivity index (χ0v) is 18.8. The highest BCUT2D eigenvalue weighted by atomic mass is 19.1. The Kier molecular flexibility index (Phi) is 5.99. The van der Waals surface area contributed by atoms with Gasteiger partial charge in [-0.3, -0.25) is 5.10 Å². The molecule has 3 aromatic carbocycles. The number of nitrogens with one attached hydrogen (secondary N) is 1. The molecule has 1 heterocycles. The minimum atomic E-state index is -1.00. The summed E-state index contributed by atoms with van der Waals surface area (Å²) in [5.41, 5.74) is 6.71. The summed E-state index contributed by atoms with van der Waals surface area (Å²) in [7, 11) is 0. The highest BCUT2D eigenvalue weighted by Gasteiger charge is 2.28. The average molecular weight is 464 g/mol. The number of aliphatic carboxylic acids is 1. The molecule has 0 spiro atoms. The molecule has 6 heteroatoms. The quantitative estimate of drug-likeness (QED) is 0.182. The molecule has 1 aliphatic carbocycles. The lowest BCUT2D eigenvalue weighted by Crippen LogP contribution is -2.15. The zero-order chi connectivity index (χ0) is 24.4. The summed E-state index contributed by atoms with van der Waals surface area (Å²) in [6, 6.07) is 18.2. The standard InChI is InChI=1S/C29H22FN3O2/c1-31-26-16-23(30)11-12-24(26)29(19-3-2-4-19)28(21-10-13-25-22(15-21)17-32-33-25)20-8-5-18(6-9-20)7-14-27(34)35/h5-17,19H,2-4H2,(H,32,33)(H,34,35)/b14-7+,29-28+. The van der Waals surface area contributed by atoms with Crippen molar-refractivity contribution in [2.24, 2.45) is 5.92 Å². The Bertz CT molecular complexity index is 1520. The third-order valence-electron chi connectivity index (χ3n) is 6.50. The zero-order valence-electron chi connectivity index (χ0n) is 18.8. The molecule has 0 bridgehead atoms. The number of H-pyrrole nitrogens is 1. The summed E-state index contributed by atoms with van der Waals surface area (Å²) in [5, 5.41) is 17.0. The van der Waals surface area contributed by atoms with Crippen molar-refractivity contribution < 1.29 is 14.3 Å². The number of carboxylic acid groups (broad SMARTS) is 1. The van der Waals surface area contributed by atoms with E-state index in [4.69, 9.17) is 11.7 Å². The molecule has 0 aliphatic heterocycles. The predicted molar refractivity (Wildman–Crippen MR) is 135 cm³/mol. The fourth-order valence-corrected chi connectivity index (χ4v) is 4.58. The van der Waals surface area contributed by atoms with Crippen LogP contribution in [0.15, 0.2) is 72.9 Å². The van der Waals surface area contributed by atoms with Crippen molar-refractivity contribution in [1.82, 2.24) is 10.2 Å². The van der Waals surface area contributed by atoms with Crippen LogP contribution in [0.2, 0.25) is 0 Å². The molecule has 5 nitrogen and oxygen atoms in total. The molecule has 5 rings (SSSR count). The topological polar surface area (TPSA) is 70.3 Å². The maximum atomic E-state index is 14.0. The molecule has 1 aliphatic rings. The molecule has 2 N–H and O–H groups in total. The van der Waals surface area contributed by atoms with Crippen LogP contribution in [-0.2, 0) is 4.79 Å². The lowest BCUT2D eigenvalue weighted by Gasteiger charge is -2.32. The molecule has 1 aromatic heterocycles. The number of fused-ring (bicyclic) bond motifs is 1. The van der Waals surface area contributed by atoms with E-state index in [1.807, 2.05) is 36.4 Å². The molecule has 1 saturated carbocycles. The Labute approximate surface area is 202 Å². The van der Waals surface area contributed by atoms with Crippen molar-refractivity contribution in [1.29, 1.82) is 0 Å². The first-order valence-electron chi connectivity index (χ1n) is 11.4. The van der Waals surface area contributed by atoms with E-state index >= 15 is 0 Å². The second kappa shape index (κ2) is 9.40. The highest BCUT2D eigenvalue weighted by molar-refractivity contribution is 6.03. The van der Waals surface area contributed by atoms with Gasteiger partial charge in [0.15, 0.2) is 5.69 Å². The van der Waals surface area contributed by atoms with Gasteiger partial charge >= 0.3 is 5.97 Å². The van der Waals surface area contributed by atoms with E-state index < -0.39 is 11.8 Å². The lowest BCUT2D eigenvalue weighted by atomic mass is 9.72. The molecule has 0 atom stereocenters. The molecule has 0 saturated heterocycles. The Morgan fingerprint density at radius 1 is 1.09 bits per heavy atom. The van der Waals surface area contributed by atoms with Crippen LogP contribution in [0.5, 0.6) is 0 Å². The Balaban J connectivity index is 1.77. The van der Waals surface area contributed by atoms with Crippen molar-refractivity contribution in [3.63, 3.8) is 0 Å². The summed E-state index contributed by atoms with van der Waals surface area (Å²) in [5.74, 6) is -1.18. The first-order chi connectivity index (χ1) is 17.0. The van der Waals surface area contributed by atoms with Crippen molar-refractivity contribution >= 4 is 39.8 Å². The van der Waals surface area contributed by atoms with Gasteiger partial charge in [0, 0.05) is 11.5 Å². The largest absolute Gasteiger partial charge is 0.478 e. The monoisotopic (exact) mass is 463 g/mol. The number of benzene rings is 3. The second-order valence-corrected chi connectivity index (χ2v) is 8.66. The highest BCUT2D eigenvalue weighted by Crippen LogP contribution is 2.47. The second-order valence-electron chi connectivity index (χ2n) is 8.66. The summed E-state index contributed by atoms with van der Waals surface area (Å²) in [4.78, 5) is 14.6. The third kappa shape index (κ3) is 4.49. The van der Waals surface area contributed by atoms with Crippen molar-refractivity contribution in [2.75, 3.05) is 0 Å². The van der Waals surface area contributed by atoms with Crippen molar-refractivity contribution in [2.45, 2.75) is 19.3 Å². The summed E-state index contributed by atoms with van der Waals surface area (Å²) in [6.45, 7) is 7.70. The van der Waals surface area contributed by atoms with Crippen molar-refractivity contribution in [3.8, 4) is 0 Å². The lowest BCUT2D eigenvalue weighted by molar-refractivity contribution is -0.131. The number of carbonyl (C=O) groups is 1. The molecule has 0 radical (unpaired) electrons. The number of allylic oxidation sites excluding steroid dienone is 1. The Morgan fingerprint density at radius 2 is 1.86 bits per heavy atom. The van der Waals surface area contributed by atoms with E-state index in [-0.39, 0.29) is 5.92 Å². The first kappa shape index (κ1) is 22.3. The number of aromatic amines is 1. The molecule has 4 aromatic rings. The van der Waals surface area contributed by atoms with E-state index in [9.17, 15) is 9.18 Å². The smallest absolute Gasteiger partial charge is 0.328 e. The van der Waals surface area contributed by atoms with Crippen LogP contribution in [0.25, 0.3) is 33.0 Å². The number of hydrogen-bond acceptors (Lipinski definition) is 2. The summed E-state index contributed by atoms with van der Waals surface area (Å²) in [6.07, 6.45) is 7.55. The van der Waals surface area contributed by atoms with E-state index in [0.717, 1.165) is 69.6 Å². The summed E-state index contributed by atoms with van der Waals surface area (Å²) < 4.78 is 14.0. The third-order valence-corrected chi connectivity index (χ3v) is 6.50. The number of rotatable bonds is 6. The number of halogens is 1. The average Bonchev–Trinajstić information content (AvgIpc) is 3.30. The molecule has 35 heavy (non-hydrogen) atoms. The van der Waals surface area contributed by atoms with Gasteiger partial charge in [0.05, 0.1) is 18.3 Å². The molecule has 0 unspecified atom stereocenters. The molecular weight excluding hydrogens is 441 g/mol. The van der Waals surface area contributed by atoms with Crippen LogP contribution in [-0.4, -0.2) is 21.3 Å². The van der Waals surface area contributed by atoms with Gasteiger partial charge < -0.3 is 5.11 Å². The molecule has 172 valence electrons. The minimum Gasteiger partial charge on any atom is -0.478 e. The Morgan fingerprint density at radius 3 is 2.54 bits per heavy atom. The van der Waals surface area contributed by atoms with Gasteiger partial charge in [-0.05, 0) is 82.5 Å². The van der Waals surface area contributed by atoms with Crippen LogP contribution in [0.4, 0.5) is 10.1 Å². The van der Waals surface area contributed by atoms with E-state index in [2.05, 4.69) is 21.1 Å². The van der Waals surface area contributed by atoms with Crippen molar-refractivity contribution in [3.05, 3.63) is 112 Å². The van der Waals surface area contributed by atoms with Gasteiger partial charge in [0.2, 0.25) is 0 Å². The predicted octanol–water partition coefficient (Wildman–Crippen LogP) is 7.11. The van der Waals surface area contributed by atoms with Gasteiger partial charge in [-0.15, -0.1) is 0 Å². The maximum absolute atomic E-state index is 14.0. The van der Waals surface area contributed by atoms with E-state index in [1.165, 1.54) is 12.1 Å². The van der Waals surface area contributed by atoms with Gasteiger partial charge in [-0.1, -0.05) is 42.8 Å². The van der Waals surface area contributed by atoms with Crippen LogP contribution in [0.1, 0.15) is 41.5 Å². The SMILES string of the molecule is [C-]#[N+]c1cc(F)ccc1/C(=C(\c1ccc(/C=C/C(=O)O)cc1)c1ccc2[nH]ncc2c1)C1CCC1.